The van der Waals surface area contributed by atoms with Gasteiger partial charge in [0.05, 0.1) is 18.1 Å². The Kier molecular flexibility index (Phi) is 5.84. The van der Waals surface area contributed by atoms with E-state index in [1.54, 1.807) is 12.1 Å². The molecule has 0 spiro atoms. The van der Waals surface area contributed by atoms with Gasteiger partial charge in [-0.25, -0.2) is 18.4 Å². The van der Waals surface area contributed by atoms with Crippen LogP contribution in [0.5, 0.6) is 0 Å². The van der Waals surface area contributed by atoms with Gasteiger partial charge in [0.15, 0.2) is 0 Å². The van der Waals surface area contributed by atoms with Crippen molar-refractivity contribution < 1.29 is 30.9 Å². The fourth-order valence-electron chi connectivity index (χ4n) is 3.22. The van der Waals surface area contributed by atoms with Gasteiger partial charge in [-0.3, -0.25) is 4.18 Å². The van der Waals surface area contributed by atoms with E-state index in [9.17, 15) is 17.2 Å². The van der Waals surface area contributed by atoms with Crippen molar-refractivity contribution in [1.29, 1.82) is 0 Å². The van der Waals surface area contributed by atoms with Crippen LogP contribution < -0.4 is 0 Å². The highest BCUT2D eigenvalue weighted by Gasteiger charge is 2.46. The molecule has 2 aromatic carbocycles. The second-order valence-corrected chi connectivity index (χ2v) is 8.69. The van der Waals surface area contributed by atoms with Crippen LogP contribution in [0.4, 0.5) is 8.78 Å². The predicted octanol–water partition coefficient (Wildman–Crippen LogP) is 2.54. The number of nitrogens with zero attached hydrogens (tertiary/aromatic N) is 3. The van der Waals surface area contributed by atoms with Gasteiger partial charge in [-0.15, -0.1) is 0 Å². The quantitative estimate of drug-likeness (QED) is 0.510. The van der Waals surface area contributed by atoms with Gasteiger partial charge in [-0.2, -0.15) is 13.5 Å². The van der Waals surface area contributed by atoms with Crippen LogP contribution in [-0.2, 0) is 36.1 Å². The van der Waals surface area contributed by atoms with Crippen molar-refractivity contribution in [2.24, 2.45) is 0 Å². The van der Waals surface area contributed by atoms with Crippen molar-refractivity contribution in [3.8, 4) is 0 Å². The lowest BCUT2D eigenvalue weighted by molar-refractivity contribution is -0.192. The van der Waals surface area contributed by atoms with Crippen molar-refractivity contribution >= 4 is 10.1 Å². The zero-order valence-electron chi connectivity index (χ0n) is 16.4. The van der Waals surface area contributed by atoms with Crippen molar-refractivity contribution in [2.75, 3.05) is 13.2 Å². The van der Waals surface area contributed by atoms with Gasteiger partial charge in [-0.1, -0.05) is 17.7 Å². The van der Waals surface area contributed by atoms with Gasteiger partial charge in [0.2, 0.25) is 5.79 Å². The fourth-order valence-corrected chi connectivity index (χ4v) is 4.16. The average Bonchev–Trinajstić information content (AvgIpc) is 3.38. The first-order chi connectivity index (χ1) is 14.8. The summed E-state index contributed by atoms with van der Waals surface area (Å²) in [6.45, 7) is 1.33. The monoisotopic (exact) mass is 451 g/mol. The van der Waals surface area contributed by atoms with Crippen LogP contribution in [0.3, 0.4) is 0 Å². The third-order valence-electron chi connectivity index (χ3n) is 4.76. The highest BCUT2D eigenvalue weighted by Crippen LogP contribution is 2.37. The molecule has 0 N–H and O–H groups in total. The zero-order valence-corrected chi connectivity index (χ0v) is 17.3. The predicted molar refractivity (Wildman–Crippen MR) is 103 cm³/mol. The standard InChI is InChI=1S/C20H19F2N3O5S/c1-14-2-5-17(6-3-14)31(26,27)29-10-16-9-28-20(30-16,11-25-13-23-12-24-25)18-7-4-15(21)8-19(18)22/h2-8,12-13,16H,9-11H2,1H3/t16-,20+/m0/s1. The van der Waals surface area contributed by atoms with Crippen LogP contribution >= 0.6 is 0 Å². The second kappa shape index (κ2) is 8.42. The highest BCUT2D eigenvalue weighted by molar-refractivity contribution is 7.86. The number of rotatable bonds is 7. The molecule has 0 bridgehead atoms. The molecule has 1 aromatic heterocycles. The molecular weight excluding hydrogens is 432 g/mol. The summed E-state index contributed by atoms with van der Waals surface area (Å²) in [6.07, 6.45) is 1.85. The maximum absolute atomic E-state index is 14.6. The summed E-state index contributed by atoms with van der Waals surface area (Å²) in [6, 6.07) is 9.22. The lowest BCUT2D eigenvalue weighted by Gasteiger charge is -2.28. The number of halogens is 2. The number of benzene rings is 2. The van der Waals surface area contributed by atoms with Crippen LogP contribution in [0.2, 0.25) is 0 Å². The third kappa shape index (κ3) is 4.64. The van der Waals surface area contributed by atoms with Gasteiger partial charge in [0, 0.05) is 11.6 Å². The van der Waals surface area contributed by atoms with Crippen LogP contribution in [-0.4, -0.2) is 42.5 Å². The first kappa shape index (κ1) is 21.5. The Hall–Kier alpha value is -2.73. The minimum absolute atomic E-state index is 0.00970. The molecule has 0 amide bonds. The smallest absolute Gasteiger partial charge is 0.297 e. The van der Waals surface area contributed by atoms with E-state index in [4.69, 9.17) is 13.7 Å². The van der Waals surface area contributed by atoms with Crippen LogP contribution in [0.15, 0.2) is 60.0 Å². The molecule has 1 aliphatic rings. The normalized spacial score (nSPS) is 21.5. The summed E-state index contributed by atoms with van der Waals surface area (Å²) in [5.41, 5.74) is 0.860. The fraction of sp³-hybridized carbons (Fsp3) is 0.300. The maximum atomic E-state index is 14.6. The Labute approximate surface area is 177 Å². The summed E-state index contributed by atoms with van der Waals surface area (Å²) in [7, 11) is -4.02. The number of aromatic nitrogens is 3. The van der Waals surface area contributed by atoms with Gasteiger partial charge in [0.1, 0.15) is 36.9 Å². The first-order valence-electron chi connectivity index (χ1n) is 9.33. The van der Waals surface area contributed by atoms with E-state index in [0.29, 0.717) is 0 Å². The molecular formula is C20H19F2N3O5S. The minimum atomic E-state index is -4.02. The third-order valence-corrected chi connectivity index (χ3v) is 6.05. The van der Waals surface area contributed by atoms with E-state index in [0.717, 1.165) is 17.7 Å². The molecule has 1 fully saturated rings. The summed E-state index contributed by atoms with van der Waals surface area (Å²) >= 11 is 0. The molecule has 164 valence electrons. The molecule has 1 saturated heterocycles. The molecule has 2 atom stereocenters. The van der Waals surface area contributed by atoms with E-state index in [1.807, 2.05) is 6.92 Å². The van der Waals surface area contributed by atoms with Crippen molar-refractivity contribution in [2.45, 2.75) is 30.3 Å². The Morgan fingerprint density at radius 3 is 2.68 bits per heavy atom. The molecule has 0 saturated carbocycles. The molecule has 4 rings (SSSR count). The number of hydrogen-bond acceptors (Lipinski definition) is 7. The Morgan fingerprint density at radius 1 is 1.23 bits per heavy atom. The topological polar surface area (TPSA) is 92.5 Å². The lowest BCUT2D eigenvalue weighted by atomic mass is 10.0. The van der Waals surface area contributed by atoms with Gasteiger partial charge in [-0.05, 0) is 31.2 Å². The van der Waals surface area contributed by atoms with Crippen molar-refractivity contribution in [3.05, 3.63) is 77.9 Å². The van der Waals surface area contributed by atoms with Gasteiger partial charge in [0.25, 0.3) is 10.1 Å². The minimum Gasteiger partial charge on any atom is -0.341 e. The number of ether oxygens (including phenoxy) is 2. The van der Waals surface area contributed by atoms with Crippen LogP contribution in [0, 0.1) is 18.6 Å². The van der Waals surface area contributed by atoms with Crippen molar-refractivity contribution in [3.63, 3.8) is 0 Å². The number of aryl methyl sites for hydroxylation is 1. The molecule has 0 radical (unpaired) electrons. The molecule has 1 aliphatic heterocycles. The summed E-state index contributed by atoms with van der Waals surface area (Å²) < 4.78 is 71.0. The maximum Gasteiger partial charge on any atom is 0.297 e. The molecule has 0 aliphatic carbocycles. The average molecular weight is 451 g/mol. The van der Waals surface area contributed by atoms with E-state index >= 15 is 0 Å². The second-order valence-electron chi connectivity index (χ2n) is 7.07. The zero-order chi connectivity index (χ0) is 22.1. The Morgan fingerprint density at radius 2 is 2.00 bits per heavy atom. The van der Waals surface area contributed by atoms with E-state index < -0.39 is 33.6 Å². The van der Waals surface area contributed by atoms with Crippen LogP contribution in [0.25, 0.3) is 0 Å². The molecule has 2 heterocycles. The SMILES string of the molecule is Cc1ccc(S(=O)(=O)OC[C@@H]2CO[C@@](Cn3cncn3)(c3ccc(F)cc3F)O2)cc1. The molecule has 8 nitrogen and oxygen atoms in total. The largest absolute Gasteiger partial charge is 0.341 e. The highest BCUT2D eigenvalue weighted by atomic mass is 32.2. The molecule has 0 unspecified atom stereocenters. The molecule has 3 aromatic rings. The van der Waals surface area contributed by atoms with Crippen LogP contribution in [0.1, 0.15) is 11.1 Å². The molecule has 31 heavy (non-hydrogen) atoms. The first-order valence-corrected chi connectivity index (χ1v) is 10.7. The van der Waals surface area contributed by atoms with Crippen molar-refractivity contribution in [1.82, 2.24) is 14.8 Å². The summed E-state index contributed by atoms with van der Waals surface area (Å²) in [5, 5.41) is 3.98. The number of hydrogen-bond donors (Lipinski definition) is 0. The Balaban J connectivity index is 1.53. The van der Waals surface area contributed by atoms with E-state index in [-0.39, 0.29) is 30.2 Å². The lowest BCUT2D eigenvalue weighted by Crippen LogP contribution is -2.35. The molecule has 11 heteroatoms. The Bertz CT molecular complexity index is 1160. The van der Waals surface area contributed by atoms with E-state index in [2.05, 4.69) is 10.1 Å². The summed E-state index contributed by atoms with van der Waals surface area (Å²) in [4.78, 5) is 3.85. The van der Waals surface area contributed by atoms with Gasteiger partial charge >= 0.3 is 0 Å². The summed E-state index contributed by atoms with van der Waals surface area (Å²) in [5.74, 6) is -3.28. The van der Waals surface area contributed by atoms with Gasteiger partial charge < -0.3 is 9.47 Å². The van der Waals surface area contributed by atoms with E-state index in [1.165, 1.54) is 35.5 Å².